The van der Waals surface area contributed by atoms with Crippen molar-refractivity contribution in [3.8, 4) is 0 Å². The number of rotatable bonds is 1. The van der Waals surface area contributed by atoms with Gasteiger partial charge in [0.05, 0.1) is 0 Å². The molecule has 5 rings (SSSR count). The van der Waals surface area contributed by atoms with Crippen molar-refractivity contribution >= 4 is 10.9 Å². The van der Waals surface area contributed by atoms with Crippen molar-refractivity contribution in [1.29, 1.82) is 0 Å². The van der Waals surface area contributed by atoms with Crippen LogP contribution in [0.4, 0.5) is 0 Å². The van der Waals surface area contributed by atoms with E-state index in [1.54, 1.807) is 22.2 Å². The van der Waals surface area contributed by atoms with Crippen LogP contribution in [0.25, 0.3) is 10.9 Å². The summed E-state index contributed by atoms with van der Waals surface area (Å²) >= 11 is 0. The first-order valence-corrected chi connectivity index (χ1v) is 8.80. The fraction of sp³-hybridized carbons (Fsp3) is 0.579. The van der Waals surface area contributed by atoms with Crippen molar-refractivity contribution in [2.45, 2.75) is 63.5 Å². The fourth-order valence-corrected chi connectivity index (χ4v) is 5.05. The van der Waals surface area contributed by atoms with Gasteiger partial charge in [-0.25, -0.2) is 0 Å². The van der Waals surface area contributed by atoms with Gasteiger partial charge in [-0.1, -0.05) is 18.9 Å². The molecule has 2 nitrogen and oxygen atoms in total. The number of nitrogens with zero attached hydrogens (tertiary/aromatic N) is 1. The zero-order valence-electron chi connectivity index (χ0n) is 12.7. The first-order valence-electron chi connectivity index (χ1n) is 8.80. The molecule has 1 saturated carbocycles. The van der Waals surface area contributed by atoms with Gasteiger partial charge in [0, 0.05) is 35.7 Å². The van der Waals surface area contributed by atoms with Crippen molar-refractivity contribution in [2.75, 3.05) is 6.54 Å². The van der Waals surface area contributed by atoms with Crippen LogP contribution in [0.2, 0.25) is 0 Å². The third kappa shape index (κ3) is 1.75. The Bertz CT molecular complexity index is 689. The van der Waals surface area contributed by atoms with E-state index in [0.717, 1.165) is 19.0 Å². The quantitative estimate of drug-likeness (QED) is 0.825. The monoisotopic (exact) mass is 280 g/mol. The minimum absolute atomic E-state index is 0.616. The van der Waals surface area contributed by atoms with E-state index >= 15 is 0 Å². The molecule has 2 aliphatic carbocycles. The molecule has 1 aliphatic heterocycles. The van der Waals surface area contributed by atoms with Crippen LogP contribution in [0.3, 0.4) is 0 Å². The van der Waals surface area contributed by atoms with Gasteiger partial charge in [0.2, 0.25) is 0 Å². The molecule has 1 aromatic carbocycles. The maximum absolute atomic E-state index is 3.73. The predicted molar refractivity (Wildman–Crippen MR) is 86.8 cm³/mol. The molecule has 2 heteroatoms. The predicted octanol–water partition coefficient (Wildman–Crippen LogP) is 4.28. The second-order valence-corrected chi connectivity index (χ2v) is 7.17. The molecule has 3 aliphatic rings. The molecule has 2 heterocycles. The third-order valence-electron chi connectivity index (χ3n) is 6.04. The molecule has 0 radical (unpaired) electrons. The Morgan fingerprint density at radius 3 is 2.86 bits per heavy atom. The Morgan fingerprint density at radius 1 is 1.05 bits per heavy atom. The van der Waals surface area contributed by atoms with Gasteiger partial charge in [0.1, 0.15) is 0 Å². The maximum atomic E-state index is 3.73. The van der Waals surface area contributed by atoms with Gasteiger partial charge < -0.3 is 9.88 Å². The summed E-state index contributed by atoms with van der Waals surface area (Å²) in [7, 11) is 0. The topological polar surface area (TPSA) is 17.0 Å². The van der Waals surface area contributed by atoms with E-state index in [9.17, 15) is 0 Å². The molecule has 1 atom stereocenters. The summed E-state index contributed by atoms with van der Waals surface area (Å²) in [6.07, 6.45) is 9.60. The smallest absolute Gasteiger partial charge is 0.0486 e. The molecule has 0 amide bonds. The normalized spacial score (nSPS) is 25.4. The molecule has 0 spiro atoms. The number of hydrogen-bond donors (Lipinski definition) is 1. The van der Waals surface area contributed by atoms with Gasteiger partial charge in [0.25, 0.3) is 0 Å². The summed E-state index contributed by atoms with van der Waals surface area (Å²) in [5.41, 5.74) is 6.38. The Hall–Kier alpha value is -1.28. The summed E-state index contributed by atoms with van der Waals surface area (Å²) < 4.78 is 2.61. The highest BCUT2D eigenvalue weighted by molar-refractivity contribution is 5.87. The van der Waals surface area contributed by atoms with Gasteiger partial charge in [0.15, 0.2) is 0 Å². The standard InChI is InChI=1S/C19H24N2/c1-2-5-13(4-1)14-8-9-18-16(12-14)15-6-3-7-17-19(15)21(18)11-10-20-17/h8-9,12-13,17,20H,1-7,10-11H2/t17-/m1/s1. The Labute approximate surface area is 126 Å². The summed E-state index contributed by atoms with van der Waals surface area (Å²) in [5, 5.41) is 5.30. The Balaban J connectivity index is 1.71. The van der Waals surface area contributed by atoms with Crippen molar-refractivity contribution in [1.82, 2.24) is 9.88 Å². The van der Waals surface area contributed by atoms with Gasteiger partial charge >= 0.3 is 0 Å². The first kappa shape index (κ1) is 12.3. The highest BCUT2D eigenvalue weighted by Crippen LogP contribution is 2.41. The zero-order valence-corrected chi connectivity index (χ0v) is 12.7. The van der Waals surface area contributed by atoms with E-state index in [-0.39, 0.29) is 0 Å². The van der Waals surface area contributed by atoms with Crippen molar-refractivity contribution in [2.24, 2.45) is 0 Å². The van der Waals surface area contributed by atoms with E-state index in [4.69, 9.17) is 0 Å². The van der Waals surface area contributed by atoms with E-state index in [0.29, 0.717) is 6.04 Å². The molecule has 1 N–H and O–H groups in total. The van der Waals surface area contributed by atoms with Crippen molar-refractivity contribution in [3.63, 3.8) is 0 Å². The summed E-state index contributed by atoms with van der Waals surface area (Å²) in [5.74, 6) is 0.830. The van der Waals surface area contributed by atoms with Crippen LogP contribution >= 0.6 is 0 Å². The Morgan fingerprint density at radius 2 is 1.95 bits per heavy atom. The van der Waals surface area contributed by atoms with E-state index in [1.807, 2.05) is 0 Å². The number of hydrogen-bond acceptors (Lipinski definition) is 1. The molecule has 110 valence electrons. The van der Waals surface area contributed by atoms with Crippen molar-refractivity contribution in [3.05, 3.63) is 35.0 Å². The average molecular weight is 280 g/mol. The highest BCUT2D eigenvalue weighted by atomic mass is 15.1. The summed E-state index contributed by atoms with van der Waals surface area (Å²) in [6, 6.07) is 8.01. The van der Waals surface area contributed by atoms with Crippen LogP contribution in [0.1, 0.15) is 67.3 Å². The molecule has 0 saturated heterocycles. The molecule has 1 aromatic heterocycles. The molecular formula is C19H24N2. The molecule has 1 fully saturated rings. The molecule has 0 unspecified atom stereocenters. The molecule has 0 bridgehead atoms. The highest BCUT2D eigenvalue weighted by Gasteiger charge is 2.30. The second-order valence-electron chi connectivity index (χ2n) is 7.17. The number of aryl methyl sites for hydroxylation is 1. The van der Waals surface area contributed by atoms with Gasteiger partial charge in [-0.05, 0) is 61.3 Å². The largest absolute Gasteiger partial charge is 0.342 e. The zero-order chi connectivity index (χ0) is 13.8. The lowest BCUT2D eigenvalue weighted by atomic mass is 9.89. The van der Waals surface area contributed by atoms with Gasteiger partial charge in [-0.2, -0.15) is 0 Å². The third-order valence-corrected chi connectivity index (χ3v) is 6.04. The van der Waals surface area contributed by atoms with Crippen LogP contribution < -0.4 is 5.32 Å². The number of benzene rings is 1. The molecule has 2 aromatic rings. The number of nitrogens with one attached hydrogen (secondary N) is 1. The minimum atomic E-state index is 0.616. The Kier molecular flexibility index (Phi) is 2.69. The van der Waals surface area contributed by atoms with Crippen molar-refractivity contribution < 1.29 is 0 Å². The molecule has 21 heavy (non-hydrogen) atoms. The second kappa shape index (κ2) is 4.61. The lowest BCUT2D eigenvalue weighted by molar-refractivity contribution is 0.384. The van der Waals surface area contributed by atoms with Crippen LogP contribution in [0, 0.1) is 0 Å². The van der Waals surface area contributed by atoms with Crippen LogP contribution in [0.15, 0.2) is 18.2 Å². The van der Waals surface area contributed by atoms with Gasteiger partial charge in [-0.3, -0.25) is 0 Å². The fourth-order valence-electron chi connectivity index (χ4n) is 5.05. The lowest BCUT2D eigenvalue weighted by Gasteiger charge is -2.31. The number of aromatic nitrogens is 1. The van der Waals surface area contributed by atoms with E-state index in [2.05, 4.69) is 28.1 Å². The summed E-state index contributed by atoms with van der Waals surface area (Å²) in [4.78, 5) is 0. The van der Waals surface area contributed by atoms with E-state index in [1.165, 1.54) is 50.5 Å². The van der Waals surface area contributed by atoms with E-state index < -0.39 is 0 Å². The SMILES string of the molecule is c1cc2c(cc1C1CCCC1)c1c3n2CCN[C@@H]3CCC1. The minimum Gasteiger partial charge on any atom is -0.342 e. The van der Waals surface area contributed by atoms with Crippen LogP contribution in [-0.2, 0) is 13.0 Å². The lowest BCUT2D eigenvalue weighted by Crippen LogP contribution is -2.35. The van der Waals surface area contributed by atoms with Crippen LogP contribution in [0.5, 0.6) is 0 Å². The first-order chi connectivity index (χ1) is 10.4. The average Bonchev–Trinajstić information content (AvgIpc) is 3.16. The molecular weight excluding hydrogens is 256 g/mol. The van der Waals surface area contributed by atoms with Gasteiger partial charge in [-0.15, -0.1) is 0 Å². The van der Waals surface area contributed by atoms with Crippen LogP contribution in [-0.4, -0.2) is 11.1 Å². The maximum Gasteiger partial charge on any atom is 0.0486 e. The summed E-state index contributed by atoms with van der Waals surface area (Å²) in [6.45, 7) is 2.27. The number of fused-ring (bicyclic) bond motifs is 3.